The summed E-state index contributed by atoms with van der Waals surface area (Å²) in [6, 6.07) is 9.60. The van der Waals surface area contributed by atoms with Crippen LogP contribution in [0.2, 0.25) is 0 Å². The second-order valence-corrected chi connectivity index (χ2v) is 6.84. The van der Waals surface area contributed by atoms with Crippen LogP contribution in [0.15, 0.2) is 30.3 Å². The largest absolute Gasteiger partial charge is 0.481 e. The van der Waals surface area contributed by atoms with Crippen molar-refractivity contribution in [2.45, 2.75) is 57.5 Å². The van der Waals surface area contributed by atoms with Crippen LogP contribution >= 0.6 is 0 Å². The highest BCUT2D eigenvalue weighted by Gasteiger charge is 2.36. The predicted octanol–water partition coefficient (Wildman–Crippen LogP) is 3.05. The van der Waals surface area contributed by atoms with Crippen molar-refractivity contribution in [2.75, 3.05) is 6.54 Å². The summed E-state index contributed by atoms with van der Waals surface area (Å²) in [5, 5.41) is 12.0. The molecule has 0 spiro atoms. The van der Waals surface area contributed by atoms with Crippen LogP contribution in [0.5, 0.6) is 0 Å². The Labute approximate surface area is 137 Å². The molecule has 0 aromatic heterocycles. The van der Waals surface area contributed by atoms with Gasteiger partial charge in [-0.05, 0) is 45.1 Å². The number of carbonyl (C=O) groups is 2. The zero-order valence-corrected chi connectivity index (χ0v) is 13.9. The predicted molar refractivity (Wildman–Crippen MR) is 89.4 cm³/mol. The molecule has 1 unspecified atom stereocenters. The zero-order valence-electron chi connectivity index (χ0n) is 13.9. The SMILES string of the molecule is CC1(C)CCCN1C(=O)NC(CCC(=O)O)Cc1ccccc1. The number of carboxylic acids is 1. The highest BCUT2D eigenvalue weighted by atomic mass is 16.4. The molecule has 0 saturated carbocycles. The Morgan fingerprint density at radius 3 is 2.57 bits per heavy atom. The minimum absolute atomic E-state index is 0.0567. The van der Waals surface area contributed by atoms with Gasteiger partial charge in [0.15, 0.2) is 0 Å². The molecule has 23 heavy (non-hydrogen) atoms. The number of carboxylic acid groups (broad SMARTS) is 1. The molecule has 2 N–H and O–H groups in total. The number of urea groups is 1. The third-order valence-corrected chi connectivity index (χ3v) is 4.51. The van der Waals surface area contributed by atoms with E-state index in [0.29, 0.717) is 12.8 Å². The molecule has 1 atom stereocenters. The summed E-state index contributed by atoms with van der Waals surface area (Å²) in [5.74, 6) is -0.834. The zero-order chi connectivity index (χ0) is 16.9. The lowest BCUT2D eigenvalue weighted by atomic mass is 10.0. The maximum absolute atomic E-state index is 12.6. The van der Waals surface area contributed by atoms with Crippen molar-refractivity contribution >= 4 is 12.0 Å². The summed E-state index contributed by atoms with van der Waals surface area (Å²) in [6.07, 6.45) is 3.15. The highest BCUT2D eigenvalue weighted by Crippen LogP contribution is 2.28. The molecule has 5 heteroatoms. The van der Waals surface area contributed by atoms with Gasteiger partial charge in [-0.2, -0.15) is 0 Å². The summed E-state index contributed by atoms with van der Waals surface area (Å²) >= 11 is 0. The lowest BCUT2D eigenvalue weighted by molar-refractivity contribution is -0.137. The van der Waals surface area contributed by atoms with Crippen LogP contribution in [-0.2, 0) is 11.2 Å². The Hall–Kier alpha value is -2.04. The van der Waals surface area contributed by atoms with Crippen LogP contribution in [0.25, 0.3) is 0 Å². The standard InChI is InChI=1S/C18H26N2O3/c1-18(2)11-6-12-20(18)17(23)19-15(9-10-16(21)22)13-14-7-4-3-5-8-14/h3-5,7-8,15H,6,9-13H2,1-2H3,(H,19,23)(H,21,22). The van der Waals surface area contributed by atoms with E-state index in [2.05, 4.69) is 19.2 Å². The quantitative estimate of drug-likeness (QED) is 0.847. The molecule has 1 aliphatic heterocycles. The molecule has 0 bridgehead atoms. The molecular weight excluding hydrogens is 292 g/mol. The molecule has 1 heterocycles. The lowest BCUT2D eigenvalue weighted by Crippen LogP contribution is -2.51. The Morgan fingerprint density at radius 2 is 2.00 bits per heavy atom. The van der Waals surface area contributed by atoms with E-state index in [4.69, 9.17) is 5.11 Å². The Bertz CT molecular complexity index is 542. The third kappa shape index (κ3) is 4.98. The fraction of sp³-hybridized carbons (Fsp3) is 0.556. The number of nitrogens with one attached hydrogen (secondary N) is 1. The molecule has 2 amide bonds. The topological polar surface area (TPSA) is 69.6 Å². The summed E-state index contributed by atoms with van der Waals surface area (Å²) < 4.78 is 0. The van der Waals surface area contributed by atoms with Gasteiger partial charge in [0, 0.05) is 24.5 Å². The number of rotatable bonds is 6. The number of nitrogens with zero attached hydrogens (tertiary/aromatic N) is 1. The minimum atomic E-state index is -0.834. The van der Waals surface area contributed by atoms with Crippen LogP contribution in [0.1, 0.15) is 45.1 Å². The van der Waals surface area contributed by atoms with Gasteiger partial charge >= 0.3 is 12.0 Å². The second kappa shape index (κ2) is 7.49. The molecule has 0 aliphatic carbocycles. The summed E-state index contributed by atoms with van der Waals surface area (Å²) in [4.78, 5) is 25.3. The third-order valence-electron chi connectivity index (χ3n) is 4.51. The van der Waals surface area contributed by atoms with Crippen molar-refractivity contribution < 1.29 is 14.7 Å². The van der Waals surface area contributed by atoms with E-state index < -0.39 is 5.97 Å². The van der Waals surface area contributed by atoms with E-state index >= 15 is 0 Å². The number of aliphatic carboxylic acids is 1. The van der Waals surface area contributed by atoms with Gasteiger partial charge < -0.3 is 15.3 Å². The molecular formula is C18H26N2O3. The van der Waals surface area contributed by atoms with Crippen LogP contribution in [0.3, 0.4) is 0 Å². The van der Waals surface area contributed by atoms with Crippen molar-refractivity contribution in [3.63, 3.8) is 0 Å². The van der Waals surface area contributed by atoms with Gasteiger partial charge in [-0.15, -0.1) is 0 Å². The van der Waals surface area contributed by atoms with Gasteiger partial charge in [-0.25, -0.2) is 4.79 Å². The first-order valence-electron chi connectivity index (χ1n) is 8.22. The first kappa shape index (κ1) is 17.3. The van der Waals surface area contributed by atoms with Gasteiger partial charge in [0.25, 0.3) is 0 Å². The highest BCUT2D eigenvalue weighted by molar-refractivity contribution is 5.76. The van der Waals surface area contributed by atoms with E-state index in [1.807, 2.05) is 35.2 Å². The van der Waals surface area contributed by atoms with Crippen molar-refractivity contribution in [1.29, 1.82) is 0 Å². The molecule has 2 rings (SSSR count). The molecule has 0 radical (unpaired) electrons. The van der Waals surface area contributed by atoms with Crippen molar-refractivity contribution in [2.24, 2.45) is 0 Å². The fourth-order valence-corrected chi connectivity index (χ4v) is 3.16. The molecule has 1 fully saturated rings. The number of likely N-dealkylation sites (tertiary alicyclic amines) is 1. The Morgan fingerprint density at radius 1 is 1.30 bits per heavy atom. The molecule has 5 nitrogen and oxygen atoms in total. The van der Waals surface area contributed by atoms with Crippen molar-refractivity contribution in [3.05, 3.63) is 35.9 Å². The van der Waals surface area contributed by atoms with Crippen LogP contribution in [0, 0.1) is 0 Å². The van der Waals surface area contributed by atoms with E-state index in [0.717, 1.165) is 24.9 Å². The number of carbonyl (C=O) groups excluding carboxylic acids is 1. The first-order valence-corrected chi connectivity index (χ1v) is 8.22. The van der Waals surface area contributed by atoms with Crippen LogP contribution in [-0.4, -0.2) is 40.1 Å². The van der Waals surface area contributed by atoms with Gasteiger partial charge in [0.2, 0.25) is 0 Å². The van der Waals surface area contributed by atoms with E-state index in [1.165, 1.54) is 0 Å². The first-order chi connectivity index (χ1) is 10.9. The number of hydrogen-bond donors (Lipinski definition) is 2. The average Bonchev–Trinajstić information content (AvgIpc) is 2.85. The van der Waals surface area contributed by atoms with Gasteiger partial charge in [-0.3, -0.25) is 4.79 Å². The number of benzene rings is 1. The maximum atomic E-state index is 12.6. The Kier molecular flexibility index (Phi) is 5.64. The van der Waals surface area contributed by atoms with Crippen LogP contribution in [0.4, 0.5) is 4.79 Å². The van der Waals surface area contributed by atoms with E-state index in [9.17, 15) is 9.59 Å². The normalized spacial score (nSPS) is 17.7. The summed E-state index contributed by atoms with van der Waals surface area (Å²) in [7, 11) is 0. The van der Waals surface area contributed by atoms with E-state index in [-0.39, 0.29) is 24.0 Å². The van der Waals surface area contributed by atoms with Gasteiger partial charge in [-0.1, -0.05) is 30.3 Å². The molecule has 1 saturated heterocycles. The maximum Gasteiger partial charge on any atom is 0.318 e. The lowest BCUT2D eigenvalue weighted by Gasteiger charge is -2.33. The summed E-state index contributed by atoms with van der Waals surface area (Å²) in [5.41, 5.74) is 0.970. The smallest absolute Gasteiger partial charge is 0.318 e. The second-order valence-electron chi connectivity index (χ2n) is 6.84. The van der Waals surface area contributed by atoms with Gasteiger partial charge in [0.05, 0.1) is 0 Å². The van der Waals surface area contributed by atoms with E-state index in [1.54, 1.807) is 0 Å². The molecule has 1 aromatic carbocycles. The fourth-order valence-electron chi connectivity index (χ4n) is 3.16. The van der Waals surface area contributed by atoms with Crippen molar-refractivity contribution in [1.82, 2.24) is 10.2 Å². The molecule has 1 aromatic rings. The molecule has 1 aliphatic rings. The minimum Gasteiger partial charge on any atom is -0.481 e. The Balaban J connectivity index is 2.01. The average molecular weight is 318 g/mol. The van der Waals surface area contributed by atoms with Crippen LogP contribution < -0.4 is 5.32 Å². The van der Waals surface area contributed by atoms with Gasteiger partial charge in [0.1, 0.15) is 0 Å². The number of amides is 2. The van der Waals surface area contributed by atoms with Crippen molar-refractivity contribution in [3.8, 4) is 0 Å². The summed E-state index contributed by atoms with van der Waals surface area (Å²) in [6.45, 7) is 4.90. The molecule has 126 valence electrons. The number of hydrogen-bond acceptors (Lipinski definition) is 2. The monoisotopic (exact) mass is 318 g/mol.